The predicted molar refractivity (Wildman–Crippen MR) is 60.6 cm³/mol. The van der Waals surface area contributed by atoms with Crippen LogP contribution in [-0.4, -0.2) is 18.6 Å². The molecule has 0 spiro atoms. The monoisotopic (exact) mass is 237 g/mol. The molecule has 0 aliphatic heterocycles. The molecule has 6 heteroatoms. The fraction of sp³-hybridized carbons (Fsp3) is 0.100. The highest BCUT2D eigenvalue weighted by Crippen LogP contribution is 2.17. The van der Waals surface area contributed by atoms with E-state index in [0.717, 1.165) is 0 Å². The van der Waals surface area contributed by atoms with Crippen LogP contribution in [0.5, 0.6) is 0 Å². The standard InChI is InChI=1S/C10H11N3O2S/c1-8-4-2-3-5-10(8)16(14,15)13-9-6-11-12-7-9/h2-7,13H,1H3,(H,11,12). The molecule has 2 N–H and O–H groups in total. The van der Waals surface area contributed by atoms with Crippen molar-refractivity contribution in [3.8, 4) is 0 Å². The van der Waals surface area contributed by atoms with Gasteiger partial charge in [0.05, 0.1) is 16.8 Å². The van der Waals surface area contributed by atoms with Crippen molar-refractivity contribution in [2.24, 2.45) is 0 Å². The number of hydrogen-bond acceptors (Lipinski definition) is 3. The van der Waals surface area contributed by atoms with Gasteiger partial charge in [0, 0.05) is 6.20 Å². The number of benzene rings is 1. The normalized spacial score (nSPS) is 11.3. The molecule has 0 fully saturated rings. The van der Waals surface area contributed by atoms with E-state index >= 15 is 0 Å². The highest BCUT2D eigenvalue weighted by molar-refractivity contribution is 7.92. The highest BCUT2D eigenvalue weighted by atomic mass is 32.2. The molecule has 0 radical (unpaired) electrons. The largest absolute Gasteiger partial charge is 0.284 e. The lowest BCUT2D eigenvalue weighted by atomic mass is 10.2. The Kier molecular flexibility index (Phi) is 2.66. The van der Waals surface area contributed by atoms with E-state index in [1.165, 1.54) is 12.4 Å². The molecule has 1 heterocycles. The molecule has 0 saturated carbocycles. The second kappa shape index (κ2) is 3.97. The van der Waals surface area contributed by atoms with Crippen LogP contribution in [0.1, 0.15) is 5.56 Å². The Morgan fingerprint density at radius 1 is 1.31 bits per heavy atom. The van der Waals surface area contributed by atoms with Gasteiger partial charge in [0.15, 0.2) is 0 Å². The van der Waals surface area contributed by atoms with E-state index in [-0.39, 0.29) is 4.90 Å². The molecule has 0 saturated heterocycles. The Morgan fingerprint density at radius 3 is 2.69 bits per heavy atom. The lowest BCUT2D eigenvalue weighted by Gasteiger charge is -2.07. The first-order chi connectivity index (χ1) is 7.59. The zero-order valence-corrected chi connectivity index (χ0v) is 9.45. The number of rotatable bonds is 3. The topological polar surface area (TPSA) is 74.8 Å². The van der Waals surface area contributed by atoms with Crippen LogP contribution in [0.15, 0.2) is 41.6 Å². The van der Waals surface area contributed by atoms with Crippen LogP contribution >= 0.6 is 0 Å². The van der Waals surface area contributed by atoms with E-state index < -0.39 is 10.0 Å². The van der Waals surface area contributed by atoms with Crippen LogP contribution in [0.3, 0.4) is 0 Å². The van der Waals surface area contributed by atoms with E-state index in [9.17, 15) is 8.42 Å². The van der Waals surface area contributed by atoms with Crippen molar-refractivity contribution in [3.63, 3.8) is 0 Å². The van der Waals surface area contributed by atoms with Gasteiger partial charge < -0.3 is 0 Å². The third kappa shape index (κ3) is 2.06. The summed E-state index contributed by atoms with van der Waals surface area (Å²) in [6.45, 7) is 1.75. The minimum atomic E-state index is -3.52. The molecule has 16 heavy (non-hydrogen) atoms. The van der Waals surface area contributed by atoms with Gasteiger partial charge in [0.2, 0.25) is 0 Å². The number of nitrogens with zero attached hydrogens (tertiary/aromatic N) is 1. The Hall–Kier alpha value is -1.82. The fourth-order valence-electron chi connectivity index (χ4n) is 1.37. The van der Waals surface area contributed by atoms with Crippen LogP contribution in [0, 0.1) is 6.92 Å². The number of aromatic amines is 1. The number of aryl methyl sites for hydroxylation is 1. The van der Waals surface area contributed by atoms with E-state index in [0.29, 0.717) is 11.3 Å². The van der Waals surface area contributed by atoms with Crippen molar-refractivity contribution in [2.75, 3.05) is 4.72 Å². The van der Waals surface area contributed by atoms with E-state index in [4.69, 9.17) is 0 Å². The molecule has 1 aromatic heterocycles. The number of H-pyrrole nitrogens is 1. The number of nitrogens with one attached hydrogen (secondary N) is 2. The summed E-state index contributed by atoms with van der Waals surface area (Å²) in [5, 5.41) is 6.21. The minimum absolute atomic E-state index is 0.274. The zero-order chi connectivity index (χ0) is 11.6. The maximum absolute atomic E-state index is 12.0. The number of anilines is 1. The summed E-state index contributed by atoms with van der Waals surface area (Å²) in [6, 6.07) is 6.81. The lowest BCUT2D eigenvalue weighted by molar-refractivity contribution is 0.600. The summed E-state index contributed by atoms with van der Waals surface area (Å²) >= 11 is 0. The molecule has 0 aliphatic rings. The summed E-state index contributed by atoms with van der Waals surface area (Å²) in [4.78, 5) is 0.274. The predicted octanol–water partition coefficient (Wildman–Crippen LogP) is 1.52. The number of aromatic nitrogens is 2. The Bertz CT molecular complexity index is 576. The molecular weight excluding hydrogens is 226 g/mol. The average Bonchev–Trinajstić information content (AvgIpc) is 2.70. The van der Waals surface area contributed by atoms with Crippen molar-refractivity contribution < 1.29 is 8.42 Å². The van der Waals surface area contributed by atoms with Crippen LogP contribution in [0.25, 0.3) is 0 Å². The van der Waals surface area contributed by atoms with Gasteiger partial charge in [0.1, 0.15) is 0 Å². The van der Waals surface area contributed by atoms with Gasteiger partial charge in [-0.1, -0.05) is 18.2 Å². The van der Waals surface area contributed by atoms with Gasteiger partial charge in [-0.3, -0.25) is 9.82 Å². The Morgan fingerprint density at radius 2 is 2.06 bits per heavy atom. The molecule has 0 atom stereocenters. The second-order valence-corrected chi connectivity index (χ2v) is 5.01. The van der Waals surface area contributed by atoms with Crippen molar-refractivity contribution in [1.82, 2.24) is 10.2 Å². The van der Waals surface area contributed by atoms with E-state index in [1.807, 2.05) is 0 Å². The van der Waals surface area contributed by atoms with Crippen LogP contribution in [-0.2, 0) is 10.0 Å². The molecule has 2 rings (SSSR count). The fourth-order valence-corrected chi connectivity index (χ4v) is 2.66. The number of sulfonamides is 1. The third-order valence-electron chi connectivity index (χ3n) is 2.13. The van der Waals surface area contributed by atoms with Gasteiger partial charge >= 0.3 is 0 Å². The summed E-state index contributed by atoms with van der Waals surface area (Å²) in [5.74, 6) is 0. The number of hydrogen-bond donors (Lipinski definition) is 2. The quantitative estimate of drug-likeness (QED) is 0.849. The second-order valence-electron chi connectivity index (χ2n) is 3.36. The summed E-state index contributed by atoms with van der Waals surface area (Å²) in [6.07, 6.45) is 2.89. The molecule has 1 aromatic carbocycles. The summed E-state index contributed by atoms with van der Waals surface area (Å²) < 4.78 is 26.4. The van der Waals surface area contributed by atoms with Crippen molar-refractivity contribution in [2.45, 2.75) is 11.8 Å². The van der Waals surface area contributed by atoms with Gasteiger partial charge in [-0.2, -0.15) is 5.10 Å². The Labute approximate surface area is 93.6 Å². The Balaban J connectivity index is 2.37. The maximum atomic E-state index is 12.0. The highest BCUT2D eigenvalue weighted by Gasteiger charge is 2.16. The first-order valence-corrected chi connectivity index (χ1v) is 6.15. The lowest BCUT2D eigenvalue weighted by Crippen LogP contribution is -2.13. The van der Waals surface area contributed by atoms with Crippen molar-refractivity contribution in [3.05, 3.63) is 42.2 Å². The maximum Gasteiger partial charge on any atom is 0.262 e. The minimum Gasteiger partial charge on any atom is -0.284 e. The first-order valence-electron chi connectivity index (χ1n) is 4.67. The molecule has 84 valence electrons. The van der Waals surface area contributed by atoms with Crippen molar-refractivity contribution >= 4 is 15.7 Å². The average molecular weight is 237 g/mol. The van der Waals surface area contributed by atoms with Gasteiger partial charge in [0.25, 0.3) is 10.0 Å². The zero-order valence-electron chi connectivity index (χ0n) is 8.64. The van der Waals surface area contributed by atoms with E-state index in [1.54, 1.807) is 31.2 Å². The molecule has 5 nitrogen and oxygen atoms in total. The van der Waals surface area contributed by atoms with Gasteiger partial charge in [-0.15, -0.1) is 0 Å². The molecular formula is C10H11N3O2S. The molecule has 0 bridgehead atoms. The third-order valence-corrected chi connectivity index (χ3v) is 3.68. The SMILES string of the molecule is Cc1ccccc1S(=O)(=O)Nc1cn[nH]c1. The molecule has 0 amide bonds. The van der Waals surface area contributed by atoms with Crippen LogP contribution in [0.4, 0.5) is 5.69 Å². The molecule has 0 unspecified atom stereocenters. The summed E-state index contributed by atoms with van der Waals surface area (Å²) in [5.41, 5.74) is 1.13. The summed E-state index contributed by atoms with van der Waals surface area (Å²) in [7, 11) is -3.52. The van der Waals surface area contributed by atoms with E-state index in [2.05, 4.69) is 14.9 Å². The van der Waals surface area contributed by atoms with Crippen LogP contribution in [0.2, 0.25) is 0 Å². The smallest absolute Gasteiger partial charge is 0.262 e. The molecule has 0 aliphatic carbocycles. The molecule has 2 aromatic rings. The first kappa shape index (κ1) is 10.7. The van der Waals surface area contributed by atoms with Crippen molar-refractivity contribution in [1.29, 1.82) is 0 Å². The van der Waals surface area contributed by atoms with Crippen LogP contribution < -0.4 is 4.72 Å². The van der Waals surface area contributed by atoms with Gasteiger partial charge in [-0.25, -0.2) is 8.42 Å². The van der Waals surface area contributed by atoms with Gasteiger partial charge in [-0.05, 0) is 18.6 Å².